The van der Waals surface area contributed by atoms with E-state index in [1.54, 1.807) is 73.6 Å². The summed E-state index contributed by atoms with van der Waals surface area (Å²) in [5.74, 6) is 0. The first-order valence-corrected chi connectivity index (χ1v) is 10.5. The SMILES string of the molecule is Cc1cc(NC(=O)OC(C)(C)C)cc(C#N)n1.Cc1cc(NC(=O)OC(C)(C)C)cc(Cl)n1. The molecule has 0 saturated carbocycles. The van der Waals surface area contributed by atoms with E-state index in [0.717, 1.165) is 5.69 Å². The molecule has 0 unspecified atom stereocenters. The summed E-state index contributed by atoms with van der Waals surface area (Å²) in [6.45, 7) is 14.3. The summed E-state index contributed by atoms with van der Waals surface area (Å²) in [4.78, 5) is 30.9. The van der Waals surface area contributed by atoms with Crippen molar-refractivity contribution in [3.05, 3.63) is 46.5 Å². The van der Waals surface area contributed by atoms with Crippen LogP contribution in [-0.2, 0) is 9.47 Å². The number of hydrogen-bond acceptors (Lipinski definition) is 7. The summed E-state index contributed by atoms with van der Waals surface area (Å²) in [5.41, 5.74) is 1.67. The fourth-order valence-corrected chi connectivity index (χ4v) is 2.59. The predicted molar refractivity (Wildman–Crippen MR) is 127 cm³/mol. The Kier molecular flexibility index (Phi) is 9.62. The predicted octanol–water partition coefficient (Wildman–Crippen LogP) is 6.00. The van der Waals surface area contributed by atoms with Crippen molar-refractivity contribution < 1.29 is 19.1 Å². The average molecular weight is 476 g/mol. The number of rotatable bonds is 2. The Morgan fingerprint density at radius 1 is 0.848 bits per heavy atom. The molecule has 0 aliphatic rings. The lowest BCUT2D eigenvalue weighted by molar-refractivity contribution is 0.0624. The molecule has 2 amide bonds. The summed E-state index contributed by atoms with van der Waals surface area (Å²) in [6, 6.07) is 8.38. The fraction of sp³-hybridized carbons (Fsp3) is 0.435. The Bertz CT molecular complexity index is 1020. The molecule has 9 nitrogen and oxygen atoms in total. The minimum atomic E-state index is -0.551. The van der Waals surface area contributed by atoms with Gasteiger partial charge in [-0.05, 0) is 79.7 Å². The van der Waals surface area contributed by atoms with Gasteiger partial charge in [0.05, 0.1) is 0 Å². The van der Waals surface area contributed by atoms with Crippen LogP contribution in [-0.4, -0.2) is 33.4 Å². The zero-order chi connectivity index (χ0) is 25.4. The van der Waals surface area contributed by atoms with E-state index in [2.05, 4.69) is 20.6 Å². The highest BCUT2D eigenvalue weighted by molar-refractivity contribution is 6.29. The molecule has 33 heavy (non-hydrogen) atoms. The van der Waals surface area contributed by atoms with Crippen LogP contribution in [0.3, 0.4) is 0 Å². The standard InChI is InChI=1S/C12H15N3O2.C11H15ClN2O2/c1-8-5-9(6-10(7-13)14-8)15-11(16)17-12(2,3)4;1-7-5-8(6-9(12)13-7)14-10(15)16-11(2,3)4/h5-6H,1-4H3,(H,14,15,16);5-6H,1-4H3,(H,13,14,15). The van der Waals surface area contributed by atoms with Crippen molar-refractivity contribution >= 4 is 35.2 Å². The summed E-state index contributed by atoms with van der Waals surface area (Å²) < 4.78 is 10.2. The molecule has 2 rings (SSSR count). The van der Waals surface area contributed by atoms with E-state index in [0.29, 0.717) is 22.2 Å². The van der Waals surface area contributed by atoms with Gasteiger partial charge in [0.15, 0.2) is 0 Å². The van der Waals surface area contributed by atoms with Gasteiger partial charge in [-0.2, -0.15) is 5.26 Å². The molecular weight excluding hydrogens is 446 g/mol. The lowest BCUT2D eigenvalue weighted by atomic mass is 10.2. The van der Waals surface area contributed by atoms with Crippen LogP contribution in [0.4, 0.5) is 21.0 Å². The van der Waals surface area contributed by atoms with E-state index >= 15 is 0 Å². The van der Waals surface area contributed by atoms with Crippen LogP contribution in [0.5, 0.6) is 0 Å². The van der Waals surface area contributed by atoms with Crippen molar-refractivity contribution in [2.45, 2.75) is 66.6 Å². The van der Waals surface area contributed by atoms with E-state index in [-0.39, 0.29) is 5.69 Å². The van der Waals surface area contributed by atoms with Gasteiger partial charge >= 0.3 is 12.2 Å². The first-order valence-electron chi connectivity index (χ1n) is 10.1. The van der Waals surface area contributed by atoms with Crippen molar-refractivity contribution in [1.82, 2.24) is 9.97 Å². The molecule has 2 heterocycles. The van der Waals surface area contributed by atoms with Gasteiger partial charge in [0, 0.05) is 22.8 Å². The highest BCUT2D eigenvalue weighted by Gasteiger charge is 2.17. The van der Waals surface area contributed by atoms with Crippen LogP contribution in [0, 0.1) is 25.2 Å². The van der Waals surface area contributed by atoms with E-state index in [1.807, 2.05) is 6.07 Å². The van der Waals surface area contributed by atoms with Crippen molar-refractivity contribution in [3.63, 3.8) is 0 Å². The largest absolute Gasteiger partial charge is 0.444 e. The fourth-order valence-electron chi connectivity index (χ4n) is 2.34. The number of anilines is 2. The molecule has 0 radical (unpaired) electrons. The highest BCUT2D eigenvalue weighted by Crippen LogP contribution is 2.17. The van der Waals surface area contributed by atoms with Crippen molar-refractivity contribution in [3.8, 4) is 6.07 Å². The zero-order valence-electron chi connectivity index (χ0n) is 20.2. The maximum Gasteiger partial charge on any atom is 0.412 e. The quantitative estimate of drug-likeness (QED) is 0.510. The number of hydrogen-bond donors (Lipinski definition) is 2. The average Bonchev–Trinajstić information content (AvgIpc) is 2.57. The van der Waals surface area contributed by atoms with E-state index in [4.69, 9.17) is 26.3 Å². The second kappa shape index (κ2) is 11.5. The number of nitrogens with zero attached hydrogens (tertiary/aromatic N) is 3. The number of carbonyl (C=O) groups excluding carboxylic acids is 2. The highest BCUT2D eigenvalue weighted by atomic mass is 35.5. The smallest absolute Gasteiger partial charge is 0.412 e. The topological polar surface area (TPSA) is 126 Å². The molecule has 2 N–H and O–H groups in total. The summed E-state index contributed by atoms with van der Waals surface area (Å²) >= 11 is 5.76. The van der Waals surface area contributed by atoms with Crippen molar-refractivity contribution in [2.75, 3.05) is 10.6 Å². The minimum Gasteiger partial charge on any atom is -0.444 e. The lowest BCUT2D eigenvalue weighted by Crippen LogP contribution is -2.27. The number of pyridine rings is 2. The van der Waals surface area contributed by atoms with Gasteiger partial charge < -0.3 is 9.47 Å². The number of aromatic nitrogens is 2. The molecule has 0 fully saturated rings. The Hall–Kier alpha value is -3.38. The van der Waals surface area contributed by atoms with Gasteiger partial charge in [0.1, 0.15) is 28.1 Å². The minimum absolute atomic E-state index is 0.260. The number of nitriles is 1. The van der Waals surface area contributed by atoms with E-state index in [9.17, 15) is 9.59 Å². The maximum atomic E-state index is 11.5. The van der Waals surface area contributed by atoms with Gasteiger partial charge in [-0.3, -0.25) is 10.6 Å². The number of ether oxygens (including phenoxy) is 2. The van der Waals surface area contributed by atoms with Gasteiger partial charge in [0.25, 0.3) is 0 Å². The first kappa shape index (κ1) is 27.7. The number of amides is 2. The molecule has 2 aromatic rings. The van der Waals surface area contributed by atoms with Crippen LogP contribution in [0.25, 0.3) is 0 Å². The summed E-state index contributed by atoms with van der Waals surface area (Å²) in [7, 11) is 0. The van der Waals surface area contributed by atoms with E-state index < -0.39 is 23.4 Å². The van der Waals surface area contributed by atoms with Crippen LogP contribution < -0.4 is 10.6 Å². The first-order chi connectivity index (χ1) is 15.1. The molecule has 0 aromatic carbocycles. The lowest BCUT2D eigenvalue weighted by Gasteiger charge is -2.19. The van der Waals surface area contributed by atoms with Crippen LogP contribution in [0.15, 0.2) is 24.3 Å². The molecule has 0 bridgehead atoms. The monoisotopic (exact) mass is 475 g/mol. The second-order valence-electron chi connectivity index (χ2n) is 9.07. The third-order valence-corrected chi connectivity index (χ3v) is 3.47. The Morgan fingerprint density at radius 3 is 1.67 bits per heavy atom. The molecule has 2 aromatic heterocycles. The number of aryl methyl sites for hydroxylation is 2. The van der Waals surface area contributed by atoms with Gasteiger partial charge in [-0.1, -0.05) is 11.6 Å². The number of carbonyl (C=O) groups is 2. The van der Waals surface area contributed by atoms with Crippen LogP contribution in [0.1, 0.15) is 58.6 Å². The molecule has 0 atom stereocenters. The molecule has 178 valence electrons. The van der Waals surface area contributed by atoms with Gasteiger partial charge in [-0.25, -0.2) is 19.6 Å². The second-order valence-corrected chi connectivity index (χ2v) is 9.46. The number of halogens is 1. The van der Waals surface area contributed by atoms with Gasteiger partial charge in [0.2, 0.25) is 0 Å². The van der Waals surface area contributed by atoms with E-state index in [1.165, 1.54) is 6.07 Å². The van der Waals surface area contributed by atoms with Gasteiger partial charge in [-0.15, -0.1) is 0 Å². The van der Waals surface area contributed by atoms with Crippen LogP contribution in [0.2, 0.25) is 5.15 Å². The Balaban J connectivity index is 0.000000331. The normalized spacial score (nSPS) is 10.8. The summed E-state index contributed by atoms with van der Waals surface area (Å²) in [6.07, 6.45) is -1.05. The maximum absolute atomic E-state index is 11.5. The zero-order valence-corrected chi connectivity index (χ0v) is 20.9. The number of nitrogens with one attached hydrogen (secondary N) is 2. The van der Waals surface area contributed by atoms with Crippen LogP contribution >= 0.6 is 11.6 Å². The molecule has 0 spiro atoms. The third-order valence-electron chi connectivity index (χ3n) is 3.28. The summed E-state index contributed by atoms with van der Waals surface area (Å²) in [5, 5.41) is 14.2. The molecule has 0 aliphatic carbocycles. The molecule has 0 saturated heterocycles. The Labute approximate surface area is 199 Å². The Morgan fingerprint density at radius 2 is 1.27 bits per heavy atom. The molecular formula is C23H30ClN5O4. The molecule has 0 aliphatic heterocycles. The molecule has 10 heteroatoms. The van der Waals surface area contributed by atoms with Crippen molar-refractivity contribution in [2.24, 2.45) is 0 Å². The van der Waals surface area contributed by atoms with Crippen molar-refractivity contribution in [1.29, 1.82) is 5.26 Å². The third kappa shape index (κ3) is 12.3.